The summed E-state index contributed by atoms with van der Waals surface area (Å²) in [4.78, 5) is 7.90. The topological polar surface area (TPSA) is 53.6 Å². The van der Waals surface area contributed by atoms with Gasteiger partial charge in [0.25, 0.3) is 0 Å². The van der Waals surface area contributed by atoms with E-state index in [1.165, 1.54) is 4.88 Å². The van der Waals surface area contributed by atoms with Gasteiger partial charge in [-0.2, -0.15) is 0 Å². The quantitative estimate of drug-likeness (QED) is 0.365. The van der Waals surface area contributed by atoms with Gasteiger partial charge in [0, 0.05) is 30.9 Å². The molecule has 0 saturated carbocycles. The van der Waals surface area contributed by atoms with E-state index in [0.29, 0.717) is 6.04 Å². The molecule has 4 nitrogen and oxygen atoms in total. The Morgan fingerprint density at radius 2 is 2.41 bits per heavy atom. The number of likely N-dealkylation sites (N-methyl/N-ethyl adjacent to an activating group) is 1. The van der Waals surface area contributed by atoms with Crippen LogP contribution in [0.5, 0.6) is 0 Å². The lowest BCUT2D eigenvalue weighted by atomic mass is 10.2. The van der Waals surface area contributed by atoms with Gasteiger partial charge in [0.05, 0.1) is 0 Å². The molecule has 5 heteroatoms. The van der Waals surface area contributed by atoms with Gasteiger partial charge in [-0.1, -0.05) is 13.0 Å². The molecule has 0 aliphatic carbocycles. The summed E-state index contributed by atoms with van der Waals surface area (Å²) >= 11 is 1.79. The number of hydrogen-bond donors (Lipinski definition) is 2. The summed E-state index contributed by atoms with van der Waals surface area (Å²) in [5.74, 6) is 6.27. The Hall–Kier alpha value is -1.07. The van der Waals surface area contributed by atoms with E-state index in [1.807, 2.05) is 7.05 Å². The predicted molar refractivity (Wildman–Crippen MR) is 75.2 cm³/mol. The highest BCUT2D eigenvalue weighted by molar-refractivity contribution is 7.09. The number of guanidine groups is 1. The first-order valence-electron chi connectivity index (χ1n) is 5.95. The van der Waals surface area contributed by atoms with Crippen LogP contribution in [0.25, 0.3) is 0 Å². The molecule has 1 unspecified atom stereocenters. The first-order valence-corrected chi connectivity index (χ1v) is 6.83. The lowest BCUT2D eigenvalue weighted by Gasteiger charge is -2.27. The average molecular weight is 254 g/mol. The smallest absolute Gasteiger partial charge is 0.208 e. The van der Waals surface area contributed by atoms with E-state index >= 15 is 0 Å². The van der Waals surface area contributed by atoms with Crippen molar-refractivity contribution in [2.75, 3.05) is 13.6 Å². The van der Waals surface area contributed by atoms with Gasteiger partial charge in [-0.25, -0.2) is 5.84 Å². The van der Waals surface area contributed by atoms with Gasteiger partial charge in [0.15, 0.2) is 0 Å². The molecule has 0 aliphatic heterocycles. The molecule has 17 heavy (non-hydrogen) atoms. The first kappa shape index (κ1) is 14.0. The van der Waals surface area contributed by atoms with Crippen molar-refractivity contribution in [2.24, 2.45) is 10.8 Å². The highest BCUT2D eigenvalue weighted by Gasteiger charge is 2.13. The van der Waals surface area contributed by atoms with E-state index in [0.717, 1.165) is 25.3 Å². The van der Waals surface area contributed by atoms with Crippen LogP contribution in [-0.4, -0.2) is 30.5 Å². The van der Waals surface area contributed by atoms with Gasteiger partial charge in [-0.3, -0.25) is 10.4 Å². The third-order valence-electron chi connectivity index (χ3n) is 2.69. The fourth-order valence-corrected chi connectivity index (χ4v) is 2.37. The molecule has 0 radical (unpaired) electrons. The normalized spacial score (nSPS) is 13.5. The Morgan fingerprint density at radius 3 is 2.94 bits per heavy atom. The Balaban J connectivity index is 2.57. The van der Waals surface area contributed by atoms with E-state index in [-0.39, 0.29) is 0 Å². The molecule has 0 aliphatic rings. The van der Waals surface area contributed by atoms with Crippen molar-refractivity contribution in [3.63, 3.8) is 0 Å². The number of hydrazine groups is 1. The van der Waals surface area contributed by atoms with Crippen LogP contribution >= 0.6 is 11.3 Å². The van der Waals surface area contributed by atoms with E-state index in [2.05, 4.69) is 46.7 Å². The van der Waals surface area contributed by atoms with E-state index < -0.39 is 0 Å². The summed E-state index contributed by atoms with van der Waals surface area (Å²) in [7, 11) is 2.02. The van der Waals surface area contributed by atoms with Crippen LogP contribution in [-0.2, 0) is 6.42 Å². The molecule has 0 amide bonds. The average Bonchev–Trinajstić information content (AvgIpc) is 2.82. The zero-order chi connectivity index (χ0) is 12.7. The Labute approximate surface area is 108 Å². The SMILES string of the molecule is CCCN=C(NN)N(C)C(C)Cc1cccs1. The van der Waals surface area contributed by atoms with Crippen LogP contribution in [0.4, 0.5) is 0 Å². The Kier molecular flexibility index (Phi) is 6.00. The molecule has 1 aromatic rings. The number of nitrogens with zero attached hydrogens (tertiary/aromatic N) is 2. The van der Waals surface area contributed by atoms with Gasteiger partial charge in [0.2, 0.25) is 5.96 Å². The summed E-state index contributed by atoms with van der Waals surface area (Å²) in [5, 5.41) is 2.11. The van der Waals surface area contributed by atoms with Crippen LogP contribution in [0.2, 0.25) is 0 Å². The molecule has 3 N–H and O–H groups in total. The molecule has 1 rings (SSSR count). The maximum Gasteiger partial charge on any atom is 0.208 e. The molecular formula is C12H22N4S. The minimum Gasteiger partial charge on any atom is -0.342 e. The molecule has 96 valence electrons. The van der Waals surface area contributed by atoms with Crippen LogP contribution in [0.1, 0.15) is 25.1 Å². The van der Waals surface area contributed by atoms with Crippen LogP contribution in [0.3, 0.4) is 0 Å². The monoisotopic (exact) mass is 254 g/mol. The second-order valence-corrected chi connectivity index (χ2v) is 5.13. The fourth-order valence-electron chi connectivity index (χ4n) is 1.54. The van der Waals surface area contributed by atoms with Crippen molar-refractivity contribution in [3.8, 4) is 0 Å². The van der Waals surface area contributed by atoms with E-state index in [9.17, 15) is 0 Å². The van der Waals surface area contributed by atoms with Crippen molar-refractivity contribution in [3.05, 3.63) is 22.4 Å². The second-order valence-electron chi connectivity index (χ2n) is 4.09. The Bertz CT molecular complexity index is 334. The fraction of sp³-hybridized carbons (Fsp3) is 0.583. The highest BCUT2D eigenvalue weighted by Crippen LogP contribution is 2.13. The van der Waals surface area contributed by atoms with Gasteiger partial charge in [-0.15, -0.1) is 11.3 Å². The van der Waals surface area contributed by atoms with Gasteiger partial charge >= 0.3 is 0 Å². The lowest BCUT2D eigenvalue weighted by molar-refractivity contribution is 0.375. The number of thiophene rings is 1. The van der Waals surface area contributed by atoms with E-state index in [1.54, 1.807) is 11.3 Å². The van der Waals surface area contributed by atoms with Crippen LogP contribution in [0, 0.1) is 0 Å². The standard InChI is InChI=1S/C12H22N4S/c1-4-7-14-12(15-13)16(3)10(2)9-11-6-5-8-17-11/h5-6,8,10H,4,7,9,13H2,1-3H3,(H,14,15). The van der Waals surface area contributed by atoms with Crippen molar-refractivity contribution in [1.82, 2.24) is 10.3 Å². The Morgan fingerprint density at radius 1 is 1.65 bits per heavy atom. The minimum absolute atomic E-state index is 0.375. The molecule has 0 fully saturated rings. The largest absolute Gasteiger partial charge is 0.342 e. The van der Waals surface area contributed by atoms with Gasteiger partial charge in [-0.05, 0) is 24.8 Å². The predicted octanol–water partition coefficient (Wildman–Crippen LogP) is 1.84. The molecule has 0 bridgehead atoms. The molecule has 1 aromatic heterocycles. The second kappa shape index (κ2) is 7.29. The third kappa shape index (κ3) is 4.36. The lowest BCUT2D eigenvalue weighted by Crippen LogP contribution is -2.47. The number of aliphatic imine (C=N–C) groups is 1. The number of rotatable bonds is 5. The molecule has 0 spiro atoms. The summed E-state index contributed by atoms with van der Waals surface area (Å²) in [5.41, 5.74) is 2.68. The summed E-state index contributed by atoms with van der Waals surface area (Å²) < 4.78 is 0. The zero-order valence-electron chi connectivity index (χ0n) is 10.8. The third-order valence-corrected chi connectivity index (χ3v) is 3.58. The maximum atomic E-state index is 5.51. The molecule has 0 saturated heterocycles. The van der Waals surface area contributed by atoms with Crippen LogP contribution in [0.15, 0.2) is 22.5 Å². The zero-order valence-corrected chi connectivity index (χ0v) is 11.6. The van der Waals surface area contributed by atoms with Crippen molar-refractivity contribution < 1.29 is 0 Å². The van der Waals surface area contributed by atoms with Crippen molar-refractivity contribution in [2.45, 2.75) is 32.7 Å². The number of nitrogens with two attached hydrogens (primary N) is 1. The van der Waals surface area contributed by atoms with E-state index in [4.69, 9.17) is 5.84 Å². The molecule has 1 atom stereocenters. The minimum atomic E-state index is 0.375. The first-order chi connectivity index (χ1) is 8.19. The van der Waals surface area contributed by atoms with Gasteiger partial charge in [0.1, 0.15) is 0 Å². The maximum absolute atomic E-state index is 5.51. The molecular weight excluding hydrogens is 232 g/mol. The summed E-state index contributed by atoms with van der Waals surface area (Å²) in [6.07, 6.45) is 2.04. The summed E-state index contributed by atoms with van der Waals surface area (Å²) in [6, 6.07) is 4.62. The highest BCUT2D eigenvalue weighted by atomic mass is 32.1. The van der Waals surface area contributed by atoms with Crippen molar-refractivity contribution >= 4 is 17.3 Å². The van der Waals surface area contributed by atoms with Crippen molar-refractivity contribution in [1.29, 1.82) is 0 Å². The number of hydrogen-bond acceptors (Lipinski definition) is 3. The molecule has 1 heterocycles. The summed E-state index contributed by atoms with van der Waals surface area (Å²) in [6.45, 7) is 5.08. The van der Waals surface area contributed by atoms with Crippen LogP contribution < -0.4 is 11.3 Å². The van der Waals surface area contributed by atoms with Gasteiger partial charge < -0.3 is 4.90 Å². The number of nitrogens with one attached hydrogen (secondary N) is 1. The molecule has 0 aromatic carbocycles.